The smallest absolute Gasteiger partial charge is 0.331 e. The lowest BCUT2D eigenvalue weighted by Gasteiger charge is -2.76. The maximum Gasteiger partial charge on any atom is 0.331 e. The number of fused-ring (bicyclic) bond motifs is 4. The second-order valence-corrected chi connectivity index (χ2v) is 15.6. The van der Waals surface area contributed by atoms with E-state index < -0.39 is 105 Å². The molecule has 15 nitrogen and oxygen atoms in total. The Bertz CT molecular complexity index is 1790. The number of rotatable bonds is 6. The lowest BCUT2D eigenvalue weighted by molar-refractivity contribution is -0.446. The lowest BCUT2D eigenvalue weighted by atomic mass is 9.34. The second kappa shape index (κ2) is 9.55. The van der Waals surface area contributed by atoms with E-state index in [1.54, 1.807) is 26.8 Å². The third-order valence-corrected chi connectivity index (χ3v) is 13.4. The molecule has 4 bridgehead atoms. The van der Waals surface area contributed by atoms with E-state index in [-0.39, 0.29) is 24.8 Å². The molecule has 1 aromatic heterocycles. The highest BCUT2D eigenvalue weighted by Gasteiger charge is 3.03. The van der Waals surface area contributed by atoms with E-state index in [9.17, 15) is 29.1 Å². The van der Waals surface area contributed by atoms with Crippen LogP contribution in [0.4, 0.5) is 0 Å². The van der Waals surface area contributed by atoms with Crippen molar-refractivity contribution in [1.29, 1.82) is 0 Å². The molecule has 1 unspecified atom stereocenters. The highest BCUT2D eigenvalue weighted by atomic mass is 17.0. The number of aliphatic hydroxyl groups is 1. The molecule has 0 aromatic carbocycles. The predicted octanol–water partition coefficient (Wildman–Crippen LogP) is 2.33. The van der Waals surface area contributed by atoms with Gasteiger partial charge in [0.1, 0.15) is 29.5 Å². The Kier molecular flexibility index (Phi) is 6.37. The number of carbonyl (C=O) groups is 5. The number of cyclic esters (lactones) is 1. The first kappa shape index (κ1) is 33.4. The van der Waals surface area contributed by atoms with Gasteiger partial charge in [-0.15, -0.1) is 0 Å². The summed E-state index contributed by atoms with van der Waals surface area (Å²) in [6, 6.07) is 1.62. The van der Waals surface area contributed by atoms with Crippen molar-refractivity contribution >= 4 is 29.8 Å². The van der Waals surface area contributed by atoms with Gasteiger partial charge in [-0.2, -0.15) is 0 Å². The van der Waals surface area contributed by atoms with E-state index in [1.165, 1.54) is 53.4 Å². The quantitative estimate of drug-likeness (QED) is 0.336. The van der Waals surface area contributed by atoms with E-state index in [4.69, 9.17) is 42.3 Å². The summed E-state index contributed by atoms with van der Waals surface area (Å²) in [5.41, 5.74) is -11.6. The Hall–Kier alpha value is -3.79. The fraction of sp³-hybridized carbons (Fsp3) is 0.686. The molecule has 6 fully saturated rings. The summed E-state index contributed by atoms with van der Waals surface area (Å²) in [5.74, 6) is -6.37. The van der Waals surface area contributed by atoms with E-state index in [1.807, 2.05) is 0 Å². The highest BCUT2D eigenvalue weighted by molar-refractivity contribution is 5.86. The van der Waals surface area contributed by atoms with Gasteiger partial charge in [-0.3, -0.25) is 19.2 Å². The van der Waals surface area contributed by atoms with E-state index in [2.05, 4.69) is 0 Å². The molecule has 13 atom stereocenters. The van der Waals surface area contributed by atoms with Gasteiger partial charge in [0.05, 0.1) is 25.1 Å². The van der Waals surface area contributed by atoms with Gasteiger partial charge >= 0.3 is 29.8 Å². The zero-order chi connectivity index (χ0) is 36.2. The molecule has 15 heteroatoms. The summed E-state index contributed by atoms with van der Waals surface area (Å²) in [7, 11) is 1.24. The summed E-state index contributed by atoms with van der Waals surface area (Å²) in [4.78, 5) is 66.3. The van der Waals surface area contributed by atoms with Crippen molar-refractivity contribution in [3.8, 4) is 0 Å². The first-order chi connectivity index (χ1) is 23.3. The third kappa shape index (κ3) is 3.30. The van der Waals surface area contributed by atoms with Crippen LogP contribution < -0.4 is 0 Å². The van der Waals surface area contributed by atoms with Gasteiger partial charge < -0.3 is 47.4 Å². The van der Waals surface area contributed by atoms with Crippen LogP contribution in [0.3, 0.4) is 0 Å². The number of carbonyl (C=O) groups excluding carboxylic acids is 5. The monoisotopic (exact) mass is 700 g/mol. The fourth-order valence-corrected chi connectivity index (χ4v) is 12.1. The van der Waals surface area contributed by atoms with Gasteiger partial charge in [0.2, 0.25) is 5.60 Å². The van der Waals surface area contributed by atoms with Crippen molar-refractivity contribution in [1.82, 2.24) is 0 Å². The first-order valence-electron chi connectivity index (χ1n) is 16.6. The Labute approximate surface area is 286 Å². The van der Waals surface area contributed by atoms with Crippen LogP contribution in [0, 0.1) is 22.2 Å². The normalized spacial score (nSPS) is 50.1. The predicted molar refractivity (Wildman–Crippen MR) is 161 cm³/mol. The Morgan fingerprint density at radius 1 is 1.00 bits per heavy atom. The Balaban J connectivity index is 1.50. The molecule has 0 amide bonds. The van der Waals surface area contributed by atoms with Crippen LogP contribution in [0.2, 0.25) is 0 Å². The van der Waals surface area contributed by atoms with Gasteiger partial charge in [0.25, 0.3) is 5.97 Å². The van der Waals surface area contributed by atoms with Gasteiger partial charge in [-0.1, -0.05) is 13.8 Å². The van der Waals surface area contributed by atoms with Crippen molar-refractivity contribution < 1.29 is 71.4 Å². The van der Waals surface area contributed by atoms with E-state index >= 15 is 0 Å². The Morgan fingerprint density at radius 3 is 2.30 bits per heavy atom. The minimum atomic E-state index is -2.17. The number of hydrogen-bond donors (Lipinski definition) is 1. The largest absolute Gasteiger partial charge is 0.472 e. The molecule has 8 rings (SSSR count). The first-order valence-corrected chi connectivity index (χ1v) is 16.6. The number of ether oxygens (including phenoxy) is 8. The van der Waals surface area contributed by atoms with Crippen LogP contribution in [-0.4, -0.2) is 88.8 Å². The molecule has 0 radical (unpaired) electrons. The number of furan rings is 1. The van der Waals surface area contributed by atoms with Crippen LogP contribution in [0.15, 0.2) is 34.7 Å². The Morgan fingerprint density at radius 2 is 1.70 bits per heavy atom. The molecule has 2 saturated heterocycles. The molecule has 3 aliphatic heterocycles. The summed E-state index contributed by atoms with van der Waals surface area (Å²) in [6.07, 6.45) is -1.52. The van der Waals surface area contributed by atoms with Crippen LogP contribution in [-0.2, 0) is 61.9 Å². The fourth-order valence-electron chi connectivity index (χ4n) is 12.1. The summed E-state index contributed by atoms with van der Waals surface area (Å²) in [5, 5.41) is 13.6. The van der Waals surface area contributed by atoms with E-state index in [0.29, 0.717) is 5.56 Å². The summed E-state index contributed by atoms with van der Waals surface area (Å²) >= 11 is 0. The molecule has 270 valence electrons. The molecule has 1 aromatic rings. The number of esters is 5. The topological polar surface area (TPSA) is 193 Å². The summed E-state index contributed by atoms with van der Waals surface area (Å²) in [6.45, 7) is 10.4. The maximum absolute atomic E-state index is 13.7. The molecular weight excluding hydrogens is 660 g/mol. The highest BCUT2D eigenvalue weighted by Crippen LogP contribution is 2.88. The van der Waals surface area contributed by atoms with E-state index in [0.717, 1.165) is 0 Å². The number of methoxy groups -OCH3 is 1. The zero-order valence-corrected chi connectivity index (χ0v) is 29.0. The molecule has 4 aliphatic carbocycles. The average Bonchev–Trinajstić information content (AvgIpc) is 3.78. The van der Waals surface area contributed by atoms with Crippen LogP contribution in [0.5, 0.6) is 0 Å². The molecule has 4 saturated carbocycles. The molecule has 1 N–H and O–H groups in total. The van der Waals surface area contributed by atoms with Crippen molar-refractivity contribution in [3.63, 3.8) is 0 Å². The van der Waals surface area contributed by atoms with Crippen LogP contribution in [0.25, 0.3) is 0 Å². The maximum atomic E-state index is 13.7. The molecular formula is C35H40O15. The van der Waals surface area contributed by atoms with Crippen LogP contribution >= 0.6 is 0 Å². The molecule has 50 heavy (non-hydrogen) atoms. The SMILES string of the molecule is COC(=O)C[C@@H]1[C@@]2(C)C[C@]3(O)[C@@]1(C)[C@]14C[C@@H](OC(C)=O)[C@@]5(C)C(=CC(=O)O[C@@H]5c5ccoc5)[C@@]15O[C@](C)(OC5[C@]3(OC(C)=O)[C@@H]2OC(C)=O)O4. The van der Waals surface area contributed by atoms with Gasteiger partial charge in [-0.05, 0) is 30.9 Å². The van der Waals surface area contributed by atoms with Crippen molar-refractivity contribution in [2.75, 3.05) is 7.11 Å². The van der Waals surface area contributed by atoms with Crippen molar-refractivity contribution in [2.24, 2.45) is 22.2 Å². The average molecular weight is 701 g/mol. The minimum absolute atomic E-state index is 0.130. The van der Waals surface area contributed by atoms with Crippen molar-refractivity contribution in [3.05, 3.63) is 35.8 Å². The number of hydrogen-bond acceptors (Lipinski definition) is 15. The van der Waals surface area contributed by atoms with Gasteiger partial charge in [0, 0.05) is 63.0 Å². The van der Waals surface area contributed by atoms with Crippen LogP contribution in [0.1, 0.15) is 79.4 Å². The van der Waals surface area contributed by atoms with Gasteiger partial charge in [-0.25, -0.2) is 4.79 Å². The molecule has 7 aliphatic rings. The standard InChI is InChI=1S/C35H40O15/c1-16(36)44-22-13-33-30(6)20(11-23(39)42-8)28(4)15-32(30,41)35(47-18(3)38,26(28)45-17(2)37)27-34(33,50-31(7,48-27)49-33)21-12-24(40)46-25(29(21,22)5)19-9-10-43-14-19/h9-10,12,14,20,22,25-27,41H,11,13,15H2,1-8H3/t20-,22-,25-,26-,27?,28-,29-,30+,31-,32+,33-,34+,35-/m1/s1. The summed E-state index contributed by atoms with van der Waals surface area (Å²) < 4.78 is 55.7. The third-order valence-electron chi connectivity index (χ3n) is 13.4. The zero-order valence-electron chi connectivity index (χ0n) is 29.0. The minimum Gasteiger partial charge on any atom is -0.472 e. The lowest BCUT2D eigenvalue weighted by Crippen LogP contribution is -2.93. The molecule has 4 heterocycles. The van der Waals surface area contributed by atoms with Gasteiger partial charge in [0.15, 0.2) is 11.7 Å². The molecule has 1 spiro atoms. The second-order valence-electron chi connectivity index (χ2n) is 15.6. The van der Waals surface area contributed by atoms with Crippen molar-refractivity contribution in [2.45, 2.75) is 121 Å².